The summed E-state index contributed by atoms with van der Waals surface area (Å²) in [7, 11) is 0. The quantitative estimate of drug-likeness (QED) is 0.192. The molecule has 0 aromatic rings. The molecule has 0 aromatic carbocycles. The summed E-state index contributed by atoms with van der Waals surface area (Å²) in [4.78, 5) is 35.1. The lowest BCUT2D eigenvalue weighted by atomic mass is 10.3. The first-order valence-corrected chi connectivity index (χ1v) is 8.13. The summed E-state index contributed by atoms with van der Waals surface area (Å²) >= 11 is 0. The summed E-state index contributed by atoms with van der Waals surface area (Å²) in [5.41, 5.74) is 0. The van der Waals surface area contributed by atoms with Gasteiger partial charge in [-0.25, -0.2) is 14.4 Å². The second-order valence-corrected chi connectivity index (χ2v) is 5.02. The summed E-state index contributed by atoms with van der Waals surface area (Å²) in [5, 5.41) is 0. The van der Waals surface area contributed by atoms with Gasteiger partial charge < -0.3 is 19.1 Å². The molecule has 0 rings (SSSR count). The van der Waals surface area contributed by atoms with Gasteiger partial charge in [0, 0.05) is 37.9 Å². The van der Waals surface area contributed by atoms with Crippen molar-refractivity contribution in [3.8, 4) is 0 Å². The molecule has 140 valence electrons. The van der Waals surface area contributed by atoms with Crippen molar-refractivity contribution in [2.24, 2.45) is 0 Å². The van der Waals surface area contributed by atoms with E-state index in [0.717, 1.165) is 18.2 Å². The van der Waals surface area contributed by atoms with Crippen LogP contribution in [0.25, 0.3) is 0 Å². The molecule has 0 aromatic heterocycles. The highest BCUT2D eigenvalue weighted by Gasteiger charge is 2.07. The summed E-state index contributed by atoms with van der Waals surface area (Å²) in [6.45, 7) is 13.0. The van der Waals surface area contributed by atoms with Crippen molar-refractivity contribution >= 4 is 17.9 Å². The van der Waals surface area contributed by atoms with Crippen LogP contribution in [0.4, 0.5) is 0 Å². The van der Waals surface area contributed by atoms with Crippen LogP contribution >= 0.6 is 0 Å². The number of nitrogens with zero attached hydrogens (tertiary/aromatic N) is 1. The van der Waals surface area contributed by atoms with Crippen LogP contribution in [0.1, 0.15) is 19.3 Å². The molecule has 0 heterocycles. The lowest BCUT2D eigenvalue weighted by Crippen LogP contribution is -2.30. The zero-order valence-electron chi connectivity index (χ0n) is 14.6. The fourth-order valence-corrected chi connectivity index (χ4v) is 1.89. The summed E-state index contributed by atoms with van der Waals surface area (Å²) in [5.74, 6) is -1.34. The molecule has 0 amide bonds. The van der Waals surface area contributed by atoms with Gasteiger partial charge in [0.2, 0.25) is 0 Å². The van der Waals surface area contributed by atoms with Crippen LogP contribution in [0.3, 0.4) is 0 Å². The van der Waals surface area contributed by atoms with Gasteiger partial charge in [-0.2, -0.15) is 0 Å². The van der Waals surface area contributed by atoms with Gasteiger partial charge in [-0.05, 0) is 19.3 Å². The van der Waals surface area contributed by atoms with Gasteiger partial charge >= 0.3 is 17.9 Å². The molecule has 0 saturated heterocycles. The van der Waals surface area contributed by atoms with E-state index in [0.29, 0.717) is 58.7 Å². The number of hydrogen-bond acceptors (Lipinski definition) is 7. The standard InChI is InChI=1S/C18H27NO6/c1-4-16(20)23-13-7-10-19(11-8-14-24-17(21)5-2)12-9-15-25-18(22)6-3/h4-6H,1-3,7-15H2. The van der Waals surface area contributed by atoms with Gasteiger partial charge in [-0.1, -0.05) is 19.7 Å². The molecule has 0 aliphatic rings. The Kier molecular flexibility index (Phi) is 13.7. The average molecular weight is 353 g/mol. The molecule has 0 aliphatic heterocycles. The fraction of sp³-hybridized carbons (Fsp3) is 0.500. The van der Waals surface area contributed by atoms with Gasteiger partial charge in [0.25, 0.3) is 0 Å². The maximum atomic E-state index is 11.0. The molecule has 0 aliphatic carbocycles. The highest BCUT2D eigenvalue weighted by molar-refractivity contribution is 5.81. The Morgan fingerprint density at radius 3 is 1.16 bits per heavy atom. The fourth-order valence-electron chi connectivity index (χ4n) is 1.89. The van der Waals surface area contributed by atoms with E-state index in [1.165, 1.54) is 0 Å². The van der Waals surface area contributed by atoms with E-state index in [4.69, 9.17) is 14.2 Å². The van der Waals surface area contributed by atoms with E-state index in [2.05, 4.69) is 24.6 Å². The predicted octanol–water partition coefficient (Wildman–Crippen LogP) is 1.65. The van der Waals surface area contributed by atoms with Crippen molar-refractivity contribution in [3.05, 3.63) is 38.0 Å². The summed E-state index contributed by atoms with van der Waals surface area (Å²) < 4.78 is 14.8. The number of esters is 3. The zero-order valence-corrected chi connectivity index (χ0v) is 14.6. The third kappa shape index (κ3) is 13.7. The number of carbonyl (C=O) groups excluding carboxylic acids is 3. The van der Waals surface area contributed by atoms with Crippen LogP contribution in [0.2, 0.25) is 0 Å². The van der Waals surface area contributed by atoms with Gasteiger partial charge in [0.05, 0.1) is 19.8 Å². The van der Waals surface area contributed by atoms with Gasteiger partial charge in [0.15, 0.2) is 0 Å². The van der Waals surface area contributed by atoms with Crippen LogP contribution in [0, 0.1) is 0 Å². The topological polar surface area (TPSA) is 82.1 Å². The molecule has 0 unspecified atom stereocenters. The number of rotatable bonds is 15. The Morgan fingerprint density at radius 2 is 0.920 bits per heavy atom. The predicted molar refractivity (Wildman–Crippen MR) is 93.8 cm³/mol. The van der Waals surface area contributed by atoms with Gasteiger partial charge in [0.1, 0.15) is 0 Å². The second kappa shape index (κ2) is 15.1. The Morgan fingerprint density at radius 1 is 0.640 bits per heavy atom. The second-order valence-electron chi connectivity index (χ2n) is 5.02. The molecule has 7 heteroatoms. The van der Waals surface area contributed by atoms with Crippen molar-refractivity contribution in [1.29, 1.82) is 0 Å². The average Bonchev–Trinajstić information content (AvgIpc) is 2.63. The third-order valence-corrected chi connectivity index (χ3v) is 3.09. The largest absolute Gasteiger partial charge is 0.462 e. The number of hydrogen-bond donors (Lipinski definition) is 0. The van der Waals surface area contributed by atoms with E-state index in [-0.39, 0.29) is 0 Å². The minimum absolute atomic E-state index is 0.304. The number of ether oxygens (including phenoxy) is 3. The molecule has 0 spiro atoms. The van der Waals surface area contributed by atoms with E-state index in [1.54, 1.807) is 0 Å². The lowest BCUT2D eigenvalue weighted by Gasteiger charge is -2.22. The smallest absolute Gasteiger partial charge is 0.330 e. The molecule has 7 nitrogen and oxygen atoms in total. The molecule has 0 radical (unpaired) electrons. The van der Waals surface area contributed by atoms with Crippen molar-refractivity contribution in [1.82, 2.24) is 4.90 Å². The summed E-state index contributed by atoms with van der Waals surface area (Å²) in [6, 6.07) is 0. The van der Waals surface area contributed by atoms with E-state index in [1.807, 2.05) is 0 Å². The summed E-state index contributed by atoms with van der Waals surface area (Å²) in [6.07, 6.45) is 5.37. The minimum Gasteiger partial charge on any atom is -0.462 e. The Hall–Kier alpha value is -2.41. The van der Waals surface area contributed by atoms with Crippen LogP contribution < -0.4 is 0 Å². The van der Waals surface area contributed by atoms with Crippen LogP contribution in [-0.4, -0.2) is 62.3 Å². The van der Waals surface area contributed by atoms with E-state index < -0.39 is 17.9 Å². The maximum Gasteiger partial charge on any atom is 0.330 e. The van der Waals surface area contributed by atoms with Crippen molar-refractivity contribution < 1.29 is 28.6 Å². The lowest BCUT2D eigenvalue weighted by molar-refractivity contribution is -0.138. The SMILES string of the molecule is C=CC(=O)OCCCN(CCCOC(=O)C=C)CCCOC(=O)C=C. The van der Waals surface area contributed by atoms with E-state index in [9.17, 15) is 14.4 Å². The Balaban J connectivity index is 4.10. The molecule has 0 fully saturated rings. The zero-order chi connectivity index (χ0) is 18.9. The number of carbonyl (C=O) groups is 3. The third-order valence-electron chi connectivity index (χ3n) is 3.09. The Labute approximate surface area is 148 Å². The minimum atomic E-state index is -0.445. The monoisotopic (exact) mass is 353 g/mol. The molecule has 0 N–H and O–H groups in total. The van der Waals surface area contributed by atoms with Crippen molar-refractivity contribution in [2.75, 3.05) is 39.5 Å². The molecular formula is C18H27NO6. The van der Waals surface area contributed by atoms with Crippen LogP contribution in [0.5, 0.6) is 0 Å². The molecule has 25 heavy (non-hydrogen) atoms. The molecule has 0 bridgehead atoms. The first-order chi connectivity index (χ1) is 12.0. The van der Waals surface area contributed by atoms with Crippen molar-refractivity contribution in [3.63, 3.8) is 0 Å². The normalized spacial score (nSPS) is 9.96. The highest BCUT2D eigenvalue weighted by atomic mass is 16.5. The first-order valence-electron chi connectivity index (χ1n) is 8.13. The first kappa shape index (κ1) is 22.6. The maximum absolute atomic E-state index is 11.0. The van der Waals surface area contributed by atoms with Crippen LogP contribution in [0.15, 0.2) is 38.0 Å². The molecule has 0 saturated carbocycles. The van der Waals surface area contributed by atoms with Crippen molar-refractivity contribution in [2.45, 2.75) is 19.3 Å². The van der Waals surface area contributed by atoms with Gasteiger partial charge in [-0.3, -0.25) is 0 Å². The highest BCUT2D eigenvalue weighted by Crippen LogP contribution is 1.99. The van der Waals surface area contributed by atoms with E-state index >= 15 is 0 Å². The van der Waals surface area contributed by atoms with Gasteiger partial charge in [-0.15, -0.1) is 0 Å². The molecule has 0 atom stereocenters. The molecular weight excluding hydrogens is 326 g/mol. The Bertz CT molecular complexity index is 394. The van der Waals surface area contributed by atoms with Crippen LogP contribution in [-0.2, 0) is 28.6 Å².